The third-order valence-corrected chi connectivity index (χ3v) is 6.16. The fourth-order valence-corrected chi connectivity index (χ4v) is 4.55. The molecule has 4 aromatic rings. The van der Waals surface area contributed by atoms with Gasteiger partial charge < -0.3 is 14.6 Å². The molecule has 0 fully saturated rings. The Balaban J connectivity index is 0.00000218. The van der Waals surface area contributed by atoms with E-state index in [4.69, 9.17) is 4.74 Å². The number of hydrogen-bond acceptors (Lipinski definition) is 9. The first-order valence-electron chi connectivity index (χ1n) is 8.89. The molecule has 2 aromatic heterocycles. The minimum atomic E-state index is -4.56. The van der Waals surface area contributed by atoms with Crippen LogP contribution in [0, 0.1) is 0 Å². The molecule has 0 bridgehead atoms. The molecular weight excluding hydrogens is 417 g/mol. The normalized spacial score (nSPS) is 13.5. The third kappa shape index (κ3) is 3.21. The van der Waals surface area contributed by atoms with Crippen molar-refractivity contribution < 1.29 is 47.3 Å². The Bertz CT molecular complexity index is 1400. The summed E-state index contributed by atoms with van der Waals surface area (Å²) in [5, 5.41) is 2.03. The molecule has 9 nitrogen and oxygen atoms in total. The molecule has 146 valence electrons. The molecule has 1 unspecified atom stereocenters. The molecule has 0 saturated heterocycles. The zero-order valence-corrected chi connectivity index (χ0v) is 19.0. The number of ether oxygens (including phenoxy) is 1. The fourth-order valence-electron chi connectivity index (χ4n) is 3.65. The molecule has 0 amide bonds. The summed E-state index contributed by atoms with van der Waals surface area (Å²) >= 11 is 0. The van der Waals surface area contributed by atoms with Gasteiger partial charge in [0.15, 0.2) is 11.5 Å². The van der Waals surface area contributed by atoms with E-state index in [1.54, 1.807) is 43.7 Å². The van der Waals surface area contributed by atoms with Gasteiger partial charge in [-0.3, -0.25) is 15.0 Å². The van der Waals surface area contributed by atoms with E-state index in [0.717, 1.165) is 0 Å². The predicted molar refractivity (Wildman–Crippen MR) is 105 cm³/mol. The molecule has 1 N–H and O–H groups in total. The summed E-state index contributed by atoms with van der Waals surface area (Å²) < 4.78 is 41.6. The van der Waals surface area contributed by atoms with Gasteiger partial charge in [-0.05, 0) is 12.5 Å². The maximum absolute atomic E-state index is 11.8. The molecule has 11 heteroatoms. The van der Waals surface area contributed by atoms with E-state index < -0.39 is 15.4 Å². The van der Waals surface area contributed by atoms with Gasteiger partial charge >= 0.3 is 29.6 Å². The Hall–Kier alpha value is -2.37. The second-order valence-electron chi connectivity index (χ2n) is 6.55. The minimum absolute atomic E-state index is 0. The molecule has 0 spiro atoms. The predicted octanol–water partition coefficient (Wildman–Crippen LogP) is 0.423. The van der Waals surface area contributed by atoms with Gasteiger partial charge in [-0.2, -0.15) is 0 Å². The number of para-hydroxylation sites is 1. The number of nitrogens with zero attached hydrogens (tertiary/aromatic N) is 4. The summed E-state index contributed by atoms with van der Waals surface area (Å²) in [6, 6.07) is 5.01. The summed E-state index contributed by atoms with van der Waals surface area (Å²) in [4.78, 5) is 17.5. The Labute approximate surface area is 194 Å². The fraction of sp³-hybridized carbons (Fsp3) is 0.158. The van der Waals surface area contributed by atoms with Gasteiger partial charge in [-0.25, -0.2) is 13.4 Å². The Morgan fingerprint density at radius 2 is 1.57 bits per heavy atom. The first-order chi connectivity index (χ1) is 14.0. The van der Waals surface area contributed by atoms with Gasteiger partial charge in [-0.15, -0.1) is 0 Å². The average Bonchev–Trinajstić information content (AvgIpc) is 2.72. The van der Waals surface area contributed by atoms with Crippen molar-refractivity contribution in [3.63, 3.8) is 0 Å². The van der Waals surface area contributed by atoms with Crippen LogP contribution in [0.5, 0.6) is 11.5 Å². The van der Waals surface area contributed by atoms with Crippen LogP contribution in [0.15, 0.2) is 43.0 Å². The largest absolute Gasteiger partial charge is 1.00 e. The van der Waals surface area contributed by atoms with Crippen molar-refractivity contribution in [2.45, 2.75) is 18.6 Å². The number of rotatable bonds is 3. The standard InChI is InChI=1S/C19H15N5O4S.Na/c1-2-12(29(25,26)27)10-4-3-5-11-18(10)28-19-16-14(21-8-9-23-16)13-15(17(19)24-11)22-7-6-20-13;/h3-9,12,24H,2H2,1H3,(H,25,26,27);/q;+1/p-1. The van der Waals surface area contributed by atoms with Gasteiger partial charge in [0, 0.05) is 30.4 Å². The second-order valence-corrected chi connectivity index (χ2v) is 8.11. The molecule has 5 rings (SSSR count). The minimum Gasteiger partial charge on any atom is -0.747 e. The van der Waals surface area contributed by atoms with E-state index in [1.807, 2.05) is 0 Å². The van der Waals surface area contributed by atoms with Gasteiger partial charge in [0.2, 0.25) is 0 Å². The maximum Gasteiger partial charge on any atom is 1.00 e. The van der Waals surface area contributed by atoms with Crippen LogP contribution in [0.1, 0.15) is 24.2 Å². The number of aromatic nitrogens is 4. The Morgan fingerprint density at radius 3 is 2.20 bits per heavy atom. The van der Waals surface area contributed by atoms with Crippen molar-refractivity contribution in [1.29, 1.82) is 0 Å². The number of anilines is 2. The van der Waals surface area contributed by atoms with E-state index in [2.05, 4.69) is 25.3 Å². The van der Waals surface area contributed by atoms with Crippen LogP contribution in [0.4, 0.5) is 11.4 Å². The summed E-state index contributed by atoms with van der Waals surface area (Å²) in [7, 11) is -4.56. The molecule has 1 atom stereocenters. The summed E-state index contributed by atoms with van der Waals surface area (Å²) in [5.74, 6) is 0.640. The molecule has 3 heterocycles. The quantitative estimate of drug-likeness (QED) is 0.245. The molecule has 30 heavy (non-hydrogen) atoms. The van der Waals surface area contributed by atoms with Crippen LogP contribution in [-0.4, -0.2) is 32.9 Å². The summed E-state index contributed by atoms with van der Waals surface area (Å²) in [6.45, 7) is 1.65. The van der Waals surface area contributed by atoms with Gasteiger partial charge in [0.1, 0.15) is 37.9 Å². The summed E-state index contributed by atoms with van der Waals surface area (Å²) in [6.07, 6.45) is 6.35. The van der Waals surface area contributed by atoms with Crippen LogP contribution >= 0.6 is 0 Å². The summed E-state index contributed by atoms with van der Waals surface area (Å²) in [5.41, 5.74) is 3.49. The van der Waals surface area contributed by atoms with Crippen molar-refractivity contribution >= 4 is 43.6 Å². The zero-order chi connectivity index (χ0) is 20.2. The molecule has 1 aliphatic rings. The van der Waals surface area contributed by atoms with Gasteiger partial charge in [-0.1, -0.05) is 19.1 Å². The van der Waals surface area contributed by atoms with Crippen LogP contribution in [-0.2, 0) is 10.1 Å². The first kappa shape index (κ1) is 20.9. The smallest absolute Gasteiger partial charge is 0.747 e. The van der Waals surface area contributed by atoms with Crippen LogP contribution in [0.3, 0.4) is 0 Å². The second kappa shape index (κ2) is 7.71. The van der Waals surface area contributed by atoms with Gasteiger partial charge in [0.05, 0.1) is 10.9 Å². The average molecular weight is 431 g/mol. The van der Waals surface area contributed by atoms with Gasteiger partial charge in [0.25, 0.3) is 0 Å². The number of benzene rings is 2. The molecule has 0 aliphatic carbocycles. The van der Waals surface area contributed by atoms with E-state index in [9.17, 15) is 13.0 Å². The third-order valence-electron chi connectivity index (χ3n) is 4.88. The van der Waals surface area contributed by atoms with Crippen molar-refractivity contribution in [1.82, 2.24) is 19.9 Å². The van der Waals surface area contributed by atoms with E-state index in [-0.39, 0.29) is 41.7 Å². The topological polar surface area (TPSA) is 130 Å². The van der Waals surface area contributed by atoms with Crippen LogP contribution in [0.2, 0.25) is 0 Å². The molecule has 2 aromatic carbocycles. The van der Waals surface area contributed by atoms with Crippen LogP contribution in [0.25, 0.3) is 22.1 Å². The zero-order valence-electron chi connectivity index (χ0n) is 16.2. The van der Waals surface area contributed by atoms with Crippen molar-refractivity contribution in [3.8, 4) is 11.5 Å². The molecule has 1 aliphatic heterocycles. The van der Waals surface area contributed by atoms with Crippen molar-refractivity contribution in [3.05, 3.63) is 48.5 Å². The van der Waals surface area contributed by atoms with Crippen LogP contribution < -0.4 is 39.6 Å². The monoisotopic (exact) mass is 431 g/mol. The Morgan fingerprint density at radius 1 is 0.967 bits per heavy atom. The number of hydrogen-bond donors (Lipinski definition) is 1. The number of fused-ring (bicyclic) bond motifs is 7. The molecule has 0 radical (unpaired) electrons. The number of nitrogens with one attached hydrogen (secondary N) is 1. The molecular formula is C19H14N5NaO4S. The Kier molecular flexibility index (Phi) is 5.37. The van der Waals surface area contributed by atoms with Crippen molar-refractivity contribution in [2.75, 3.05) is 5.32 Å². The van der Waals surface area contributed by atoms with Crippen molar-refractivity contribution in [2.24, 2.45) is 0 Å². The molecule has 0 saturated carbocycles. The maximum atomic E-state index is 11.8. The van der Waals surface area contributed by atoms with E-state index in [0.29, 0.717) is 44.8 Å². The SMILES string of the molecule is CCC(c1cccc2c1Oc1c(c3nccnc3c3nccnc13)N2)S(=O)(=O)[O-].[Na+]. The van der Waals surface area contributed by atoms with E-state index in [1.165, 1.54) is 6.20 Å². The van der Waals surface area contributed by atoms with E-state index >= 15 is 0 Å². The first-order valence-corrected chi connectivity index (χ1v) is 10.4.